The first-order chi connectivity index (χ1) is 13.4. The maximum absolute atomic E-state index is 13.1. The zero-order valence-electron chi connectivity index (χ0n) is 16.9. The first kappa shape index (κ1) is 21.3. The molecule has 2 aliphatic heterocycles. The number of carbonyl (C=O) groups is 2. The lowest BCUT2D eigenvalue weighted by Crippen LogP contribution is -2.41. The number of rotatable bonds is 4. The van der Waals surface area contributed by atoms with Gasteiger partial charge in [-0.1, -0.05) is 12.1 Å². The molecule has 156 valence electrons. The summed E-state index contributed by atoms with van der Waals surface area (Å²) < 4.78 is 12.5. The molecule has 7 nitrogen and oxygen atoms in total. The summed E-state index contributed by atoms with van der Waals surface area (Å²) in [7, 11) is 1.39. The van der Waals surface area contributed by atoms with E-state index in [0.29, 0.717) is 38.4 Å². The van der Waals surface area contributed by atoms with E-state index in [0.717, 1.165) is 17.0 Å². The lowest BCUT2D eigenvalue weighted by Gasteiger charge is -2.24. The quantitative estimate of drug-likeness (QED) is 0.710. The minimum Gasteiger partial charge on any atom is -0.468 e. The number of nitrogens with zero attached hydrogens (tertiary/aromatic N) is 3. The number of likely N-dealkylation sites (tertiary alicyclic amines) is 1. The van der Waals surface area contributed by atoms with Gasteiger partial charge in [0, 0.05) is 30.3 Å². The molecule has 1 amide bonds. The van der Waals surface area contributed by atoms with E-state index in [2.05, 4.69) is 5.10 Å². The molecule has 4 rings (SSSR count). The van der Waals surface area contributed by atoms with Crippen molar-refractivity contribution in [2.24, 2.45) is 11.3 Å². The topological polar surface area (TPSA) is 73.7 Å². The summed E-state index contributed by atoms with van der Waals surface area (Å²) in [6, 6.07) is 9.66. The lowest BCUT2D eigenvalue weighted by atomic mass is 9.81. The van der Waals surface area contributed by atoms with E-state index in [1.165, 1.54) is 7.11 Å². The summed E-state index contributed by atoms with van der Waals surface area (Å²) in [5.74, 6) is -0.363. The van der Waals surface area contributed by atoms with Crippen molar-refractivity contribution in [2.75, 3.05) is 33.4 Å². The van der Waals surface area contributed by atoms with Crippen LogP contribution in [0.1, 0.15) is 27.3 Å². The van der Waals surface area contributed by atoms with Crippen LogP contribution in [0, 0.1) is 25.2 Å². The molecule has 2 saturated heterocycles. The van der Waals surface area contributed by atoms with Crippen molar-refractivity contribution < 1.29 is 19.1 Å². The number of amides is 1. The molecule has 8 heteroatoms. The molecular weight excluding hydrogens is 394 g/mol. The first-order valence-corrected chi connectivity index (χ1v) is 9.48. The van der Waals surface area contributed by atoms with Gasteiger partial charge in [-0.05, 0) is 37.6 Å². The SMILES string of the molecule is COC(=O)[C@@]12COC[C@@H]1CN(C(=O)c1cccc(Cn3nc(C)cc3C)c1)C2.Cl. The van der Waals surface area contributed by atoms with E-state index in [1.54, 1.807) is 4.90 Å². The third-order valence-corrected chi connectivity index (χ3v) is 5.86. The Morgan fingerprint density at radius 1 is 1.31 bits per heavy atom. The largest absolute Gasteiger partial charge is 0.468 e. The predicted octanol–water partition coefficient (Wildman–Crippen LogP) is 2.23. The van der Waals surface area contributed by atoms with Crippen molar-refractivity contribution >= 4 is 24.3 Å². The van der Waals surface area contributed by atoms with Crippen LogP contribution < -0.4 is 0 Å². The number of benzene rings is 1. The number of halogens is 1. The molecule has 2 fully saturated rings. The Kier molecular flexibility index (Phi) is 6.00. The molecule has 0 aliphatic carbocycles. The fraction of sp³-hybridized carbons (Fsp3) is 0.476. The Morgan fingerprint density at radius 2 is 2.10 bits per heavy atom. The van der Waals surface area contributed by atoms with E-state index in [1.807, 2.05) is 48.9 Å². The van der Waals surface area contributed by atoms with E-state index >= 15 is 0 Å². The number of ether oxygens (including phenoxy) is 2. The predicted molar refractivity (Wildman–Crippen MR) is 109 cm³/mol. The van der Waals surface area contributed by atoms with E-state index in [-0.39, 0.29) is 30.2 Å². The summed E-state index contributed by atoms with van der Waals surface area (Å²) in [6.45, 7) is 6.24. The van der Waals surface area contributed by atoms with Gasteiger partial charge in [0.1, 0.15) is 5.41 Å². The van der Waals surface area contributed by atoms with Gasteiger partial charge in [-0.15, -0.1) is 12.4 Å². The molecule has 0 N–H and O–H groups in total. The van der Waals surface area contributed by atoms with Crippen molar-refractivity contribution in [1.82, 2.24) is 14.7 Å². The fourth-order valence-corrected chi connectivity index (χ4v) is 4.38. The molecule has 0 saturated carbocycles. The summed E-state index contributed by atoms with van der Waals surface area (Å²) in [5.41, 5.74) is 2.97. The summed E-state index contributed by atoms with van der Waals surface area (Å²) in [5, 5.41) is 4.49. The highest BCUT2D eigenvalue weighted by Crippen LogP contribution is 2.42. The number of esters is 1. The van der Waals surface area contributed by atoms with Crippen LogP contribution in [0.2, 0.25) is 0 Å². The molecule has 0 unspecified atom stereocenters. The molecule has 2 aliphatic rings. The molecular formula is C21H26ClN3O4. The molecule has 0 spiro atoms. The second-order valence-electron chi connectivity index (χ2n) is 7.83. The zero-order chi connectivity index (χ0) is 19.9. The zero-order valence-corrected chi connectivity index (χ0v) is 17.7. The van der Waals surface area contributed by atoms with Gasteiger partial charge < -0.3 is 14.4 Å². The third kappa shape index (κ3) is 3.76. The standard InChI is InChI=1S/C21H25N3O4.ClH/c1-14-7-15(2)24(22-14)9-16-5-4-6-17(8-16)19(25)23-10-18-11-28-13-21(18,12-23)20(26)27-3;/h4-8,18H,9-13H2,1-3H3;1H/t18-,21-;/m0./s1. The number of hydrogen-bond acceptors (Lipinski definition) is 5. The number of methoxy groups -OCH3 is 1. The number of aryl methyl sites for hydroxylation is 2. The summed E-state index contributed by atoms with van der Waals surface area (Å²) in [4.78, 5) is 27.2. The van der Waals surface area contributed by atoms with Crippen LogP contribution in [-0.2, 0) is 20.8 Å². The molecule has 3 heterocycles. The van der Waals surface area contributed by atoms with Crippen LogP contribution in [-0.4, -0.2) is 60.0 Å². The van der Waals surface area contributed by atoms with Crippen LogP contribution in [0.3, 0.4) is 0 Å². The van der Waals surface area contributed by atoms with Crippen molar-refractivity contribution in [3.8, 4) is 0 Å². The van der Waals surface area contributed by atoms with Crippen LogP contribution in [0.4, 0.5) is 0 Å². The first-order valence-electron chi connectivity index (χ1n) is 9.48. The summed E-state index contributed by atoms with van der Waals surface area (Å²) >= 11 is 0. The van der Waals surface area contributed by atoms with Gasteiger partial charge in [0.05, 0.1) is 32.6 Å². The highest BCUT2D eigenvalue weighted by atomic mass is 35.5. The highest BCUT2D eigenvalue weighted by Gasteiger charge is 2.57. The van der Waals surface area contributed by atoms with Crippen molar-refractivity contribution in [1.29, 1.82) is 0 Å². The van der Waals surface area contributed by atoms with Gasteiger partial charge in [-0.25, -0.2) is 0 Å². The van der Waals surface area contributed by atoms with E-state index in [4.69, 9.17) is 9.47 Å². The van der Waals surface area contributed by atoms with Crippen LogP contribution in [0.15, 0.2) is 30.3 Å². The molecule has 1 aromatic carbocycles. The smallest absolute Gasteiger partial charge is 0.316 e. The molecule has 2 aromatic rings. The van der Waals surface area contributed by atoms with Gasteiger partial charge in [-0.2, -0.15) is 5.10 Å². The number of hydrogen-bond donors (Lipinski definition) is 0. The number of aromatic nitrogens is 2. The van der Waals surface area contributed by atoms with Crippen molar-refractivity contribution in [3.05, 3.63) is 52.8 Å². The molecule has 0 bridgehead atoms. The van der Waals surface area contributed by atoms with Gasteiger partial charge >= 0.3 is 5.97 Å². The molecule has 29 heavy (non-hydrogen) atoms. The van der Waals surface area contributed by atoms with Gasteiger partial charge in [0.25, 0.3) is 5.91 Å². The van der Waals surface area contributed by atoms with Gasteiger partial charge in [0.15, 0.2) is 0 Å². The summed E-state index contributed by atoms with van der Waals surface area (Å²) in [6.07, 6.45) is 0. The average molecular weight is 420 g/mol. The van der Waals surface area contributed by atoms with Gasteiger partial charge in [0.2, 0.25) is 0 Å². The second-order valence-corrected chi connectivity index (χ2v) is 7.83. The maximum Gasteiger partial charge on any atom is 0.316 e. The Labute approximate surface area is 176 Å². The second kappa shape index (κ2) is 8.16. The Bertz CT molecular complexity index is 928. The third-order valence-electron chi connectivity index (χ3n) is 5.86. The van der Waals surface area contributed by atoms with Crippen molar-refractivity contribution in [2.45, 2.75) is 20.4 Å². The average Bonchev–Trinajstić information content (AvgIpc) is 3.33. The molecule has 2 atom stereocenters. The molecule has 0 radical (unpaired) electrons. The fourth-order valence-electron chi connectivity index (χ4n) is 4.38. The van der Waals surface area contributed by atoms with Crippen LogP contribution >= 0.6 is 12.4 Å². The van der Waals surface area contributed by atoms with Crippen LogP contribution in [0.25, 0.3) is 0 Å². The van der Waals surface area contributed by atoms with Crippen LogP contribution in [0.5, 0.6) is 0 Å². The van der Waals surface area contributed by atoms with E-state index < -0.39 is 5.41 Å². The Morgan fingerprint density at radius 3 is 2.79 bits per heavy atom. The van der Waals surface area contributed by atoms with E-state index in [9.17, 15) is 9.59 Å². The lowest BCUT2D eigenvalue weighted by molar-refractivity contribution is -0.153. The maximum atomic E-state index is 13.1. The normalized spacial score (nSPS) is 22.9. The van der Waals surface area contributed by atoms with Gasteiger partial charge in [-0.3, -0.25) is 14.3 Å². The highest BCUT2D eigenvalue weighted by molar-refractivity contribution is 5.95. The van der Waals surface area contributed by atoms with Crippen molar-refractivity contribution in [3.63, 3.8) is 0 Å². The molecule has 1 aromatic heterocycles. The minimum absolute atomic E-state index is 0. The number of carbonyl (C=O) groups excluding carboxylic acids is 2. The number of fused-ring (bicyclic) bond motifs is 1. The Hall–Kier alpha value is -2.38. The Balaban J connectivity index is 0.00000240. The monoisotopic (exact) mass is 419 g/mol. The minimum atomic E-state index is -0.730.